The number of Topliss-reactive ketones (excluding diaryl/α,β-unsaturated/α-hetero) is 1. The number of hydrogen-bond acceptors (Lipinski definition) is 2. The van der Waals surface area contributed by atoms with Crippen molar-refractivity contribution < 1.29 is 4.79 Å². The van der Waals surface area contributed by atoms with E-state index in [1.165, 1.54) is 12.8 Å². The van der Waals surface area contributed by atoms with Gasteiger partial charge in [0.1, 0.15) is 5.78 Å². The van der Waals surface area contributed by atoms with Gasteiger partial charge in [-0.25, -0.2) is 0 Å². The molecular weight excluding hydrogens is 156 g/mol. The summed E-state index contributed by atoms with van der Waals surface area (Å²) in [4.78, 5) is 10.5. The van der Waals surface area contributed by atoms with Crippen LogP contribution in [-0.4, -0.2) is 11.5 Å². The zero-order valence-electron chi connectivity index (χ0n) is 7.14. The normalized spacial score (nSPS) is 9.55. The van der Waals surface area contributed by atoms with E-state index in [1.807, 2.05) is 5.41 Å². The SMILES string of the molecule is C=CSCCCCCC(C)=O. The molecule has 0 rings (SSSR count). The van der Waals surface area contributed by atoms with Gasteiger partial charge in [0.25, 0.3) is 0 Å². The summed E-state index contributed by atoms with van der Waals surface area (Å²) in [6, 6.07) is 0. The van der Waals surface area contributed by atoms with E-state index in [1.54, 1.807) is 18.7 Å². The van der Waals surface area contributed by atoms with Gasteiger partial charge in [-0.3, -0.25) is 0 Å². The Hall–Kier alpha value is -0.240. The summed E-state index contributed by atoms with van der Waals surface area (Å²) >= 11 is 1.75. The van der Waals surface area contributed by atoms with Crippen LogP contribution in [0, 0.1) is 0 Å². The van der Waals surface area contributed by atoms with Crippen molar-refractivity contribution in [2.45, 2.75) is 32.6 Å². The molecule has 2 heteroatoms. The Bertz CT molecular complexity index is 121. The number of unbranched alkanes of at least 4 members (excludes halogenated alkanes) is 2. The van der Waals surface area contributed by atoms with Crippen LogP contribution in [0.4, 0.5) is 0 Å². The predicted octanol–water partition coefficient (Wildman–Crippen LogP) is 3.01. The second-order valence-electron chi connectivity index (χ2n) is 2.55. The molecule has 0 spiro atoms. The number of carbonyl (C=O) groups is 1. The fourth-order valence-electron chi connectivity index (χ4n) is 0.819. The van der Waals surface area contributed by atoms with Crippen LogP contribution < -0.4 is 0 Å². The molecule has 11 heavy (non-hydrogen) atoms. The van der Waals surface area contributed by atoms with E-state index in [4.69, 9.17) is 0 Å². The number of ketones is 1. The van der Waals surface area contributed by atoms with Gasteiger partial charge < -0.3 is 4.79 Å². The largest absolute Gasteiger partial charge is 0.300 e. The summed E-state index contributed by atoms with van der Waals surface area (Å²) in [5.74, 6) is 1.45. The topological polar surface area (TPSA) is 17.1 Å². The Morgan fingerprint density at radius 1 is 1.45 bits per heavy atom. The molecule has 64 valence electrons. The Labute approximate surface area is 73.3 Å². The highest BCUT2D eigenvalue weighted by Gasteiger charge is 1.92. The molecule has 0 N–H and O–H groups in total. The van der Waals surface area contributed by atoms with Gasteiger partial charge in [-0.1, -0.05) is 13.0 Å². The molecule has 0 aliphatic rings. The number of carbonyl (C=O) groups excluding carboxylic acids is 1. The van der Waals surface area contributed by atoms with Gasteiger partial charge in [-0.15, -0.1) is 11.8 Å². The van der Waals surface area contributed by atoms with E-state index in [2.05, 4.69) is 6.58 Å². The molecule has 0 aromatic heterocycles. The highest BCUT2D eigenvalue weighted by Crippen LogP contribution is 2.07. The average molecular weight is 172 g/mol. The molecule has 0 aliphatic heterocycles. The lowest BCUT2D eigenvalue weighted by molar-refractivity contribution is -0.117. The summed E-state index contributed by atoms with van der Waals surface area (Å²) in [6.45, 7) is 5.27. The fraction of sp³-hybridized carbons (Fsp3) is 0.667. The van der Waals surface area contributed by atoms with Crippen molar-refractivity contribution in [3.63, 3.8) is 0 Å². The first kappa shape index (κ1) is 10.8. The monoisotopic (exact) mass is 172 g/mol. The Morgan fingerprint density at radius 2 is 2.18 bits per heavy atom. The van der Waals surface area contributed by atoms with Gasteiger partial charge in [-0.2, -0.15) is 0 Å². The highest BCUT2D eigenvalue weighted by molar-refractivity contribution is 8.02. The summed E-state index contributed by atoms with van der Waals surface area (Å²) in [6.07, 6.45) is 4.16. The molecule has 0 atom stereocenters. The van der Waals surface area contributed by atoms with Crippen LogP contribution in [0.25, 0.3) is 0 Å². The van der Waals surface area contributed by atoms with Crippen molar-refractivity contribution in [1.29, 1.82) is 0 Å². The van der Waals surface area contributed by atoms with Crippen LogP contribution >= 0.6 is 11.8 Å². The number of thioether (sulfide) groups is 1. The van der Waals surface area contributed by atoms with Crippen molar-refractivity contribution in [2.24, 2.45) is 0 Å². The molecule has 0 saturated heterocycles. The molecule has 0 radical (unpaired) electrons. The van der Waals surface area contributed by atoms with Crippen LogP contribution in [0.3, 0.4) is 0 Å². The molecule has 0 bridgehead atoms. The van der Waals surface area contributed by atoms with E-state index < -0.39 is 0 Å². The third-order valence-electron chi connectivity index (χ3n) is 1.41. The minimum atomic E-state index is 0.307. The van der Waals surface area contributed by atoms with Gasteiger partial charge in [0.05, 0.1) is 0 Å². The zero-order valence-corrected chi connectivity index (χ0v) is 7.95. The summed E-state index contributed by atoms with van der Waals surface area (Å²) in [5.41, 5.74) is 0. The van der Waals surface area contributed by atoms with Crippen LogP contribution in [0.15, 0.2) is 12.0 Å². The first-order valence-electron chi connectivity index (χ1n) is 3.99. The Morgan fingerprint density at radius 3 is 2.73 bits per heavy atom. The van der Waals surface area contributed by atoms with Crippen LogP contribution in [0.1, 0.15) is 32.6 Å². The number of rotatable bonds is 7. The molecule has 0 amide bonds. The van der Waals surface area contributed by atoms with Crippen molar-refractivity contribution >= 4 is 17.5 Å². The molecule has 0 aliphatic carbocycles. The minimum absolute atomic E-state index is 0.307. The van der Waals surface area contributed by atoms with Crippen molar-refractivity contribution in [3.05, 3.63) is 12.0 Å². The van der Waals surface area contributed by atoms with Crippen LogP contribution in [-0.2, 0) is 4.79 Å². The van der Waals surface area contributed by atoms with Gasteiger partial charge in [0, 0.05) is 6.42 Å². The fourth-order valence-corrected chi connectivity index (χ4v) is 1.36. The zero-order chi connectivity index (χ0) is 8.53. The van der Waals surface area contributed by atoms with Gasteiger partial charge in [0.15, 0.2) is 0 Å². The van der Waals surface area contributed by atoms with Gasteiger partial charge in [0.2, 0.25) is 0 Å². The molecule has 0 saturated carbocycles. The van der Waals surface area contributed by atoms with E-state index in [9.17, 15) is 4.79 Å². The molecule has 0 aromatic rings. The summed E-state index contributed by atoms with van der Waals surface area (Å²) in [5, 5.41) is 1.87. The van der Waals surface area contributed by atoms with Gasteiger partial charge in [-0.05, 0) is 30.9 Å². The molecule has 0 unspecified atom stereocenters. The molecule has 0 aromatic carbocycles. The molecular formula is C9H16OS. The van der Waals surface area contributed by atoms with Crippen molar-refractivity contribution in [3.8, 4) is 0 Å². The molecule has 1 nitrogen and oxygen atoms in total. The van der Waals surface area contributed by atoms with E-state index >= 15 is 0 Å². The summed E-state index contributed by atoms with van der Waals surface area (Å²) in [7, 11) is 0. The molecule has 0 fully saturated rings. The quantitative estimate of drug-likeness (QED) is 0.549. The second kappa shape index (κ2) is 7.86. The predicted molar refractivity (Wildman–Crippen MR) is 51.8 cm³/mol. The van der Waals surface area contributed by atoms with Gasteiger partial charge >= 0.3 is 0 Å². The minimum Gasteiger partial charge on any atom is -0.300 e. The highest BCUT2D eigenvalue weighted by atomic mass is 32.2. The third kappa shape index (κ3) is 9.76. The molecule has 0 heterocycles. The van der Waals surface area contributed by atoms with E-state index in [0.29, 0.717) is 5.78 Å². The van der Waals surface area contributed by atoms with Crippen molar-refractivity contribution in [1.82, 2.24) is 0 Å². The van der Waals surface area contributed by atoms with Crippen LogP contribution in [0.5, 0.6) is 0 Å². The lowest BCUT2D eigenvalue weighted by atomic mass is 10.2. The first-order valence-corrected chi connectivity index (χ1v) is 5.04. The maximum Gasteiger partial charge on any atom is 0.129 e. The Balaban J connectivity index is 2.90. The first-order chi connectivity index (χ1) is 5.27. The van der Waals surface area contributed by atoms with Crippen molar-refractivity contribution in [2.75, 3.05) is 5.75 Å². The van der Waals surface area contributed by atoms with E-state index in [0.717, 1.165) is 18.6 Å². The lowest BCUT2D eigenvalue weighted by Gasteiger charge is -1.96. The standard InChI is InChI=1S/C9H16OS/c1-3-11-8-6-4-5-7-9(2)10/h3H,1,4-8H2,2H3. The number of hydrogen-bond donors (Lipinski definition) is 0. The second-order valence-corrected chi connectivity index (χ2v) is 3.63. The summed E-state index contributed by atoms with van der Waals surface area (Å²) < 4.78 is 0. The maximum absolute atomic E-state index is 10.5. The third-order valence-corrected chi connectivity index (χ3v) is 2.17. The van der Waals surface area contributed by atoms with Crippen LogP contribution in [0.2, 0.25) is 0 Å². The lowest BCUT2D eigenvalue weighted by Crippen LogP contribution is -1.89. The maximum atomic E-state index is 10.5. The Kier molecular flexibility index (Phi) is 7.69. The average Bonchev–Trinajstić information content (AvgIpc) is 1.96. The smallest absolute Gasteiger partial charge is 0.129 e. The van der Waals surface area contributed by atoms with E-state index in [-0.39, 0.29) is 0 Å².